The quantitative estimate of drug-likeness (QED) is 0.684. The molecule has 0 unspecified atom stereocenters. The van der Waals surface area contributed by atoms with Gasteiger partial charge in [0.05, 0.1) is 22.8 Å². The number of hydrogen-bond acceptors (Lipinski definition) is 4. The molecule has 1 aliphatic rings. The summed E-state index contributed by atoms with van der Waals surface area (Å²) in [5.41, 5.74) is 6.68. The van der Waals surface area contributed by atoms with Gasteiger partial charge in [0.1, 0.15) is 0 Å². The van der Waals surface area contributed by atoms with Crippen molar-refractivity contribution < 1.29 is 4.79 Å². The van der Waals surface area contributed by atoms with Crippen LogP contribution in [0.25, 0.3) is 0 Å². The number of thiazole rings is 1. The average molecular weight is 303 g/mol. The Hall–Kier alpha value is -1.75. The maximum absolute atomic E-state index is 11.9. The zero-order valence-corrected chi connectivity index (χ0v) is 13.6. The molecule has 1 aromatic heterocycles. The first-order chi connectivity index (χ1) is 9.95. The number of amides is 1. The molecule has 0 saturated carbocycles. The van der Waals surface area contributed by atoms with Gasteiger partial charge in [0, 0.05) is 5.38 Å². The first kappa shape index (κ1) is 15.6. The number of aromatic nitrogens is 1. The fraction of sp³-hybridized carbons (Fsp3) is 0.438. The molecular formula is C16H21N3OS. The maximum Gasteiger partial charge on any atom is 0.246 e. The lowest BCUT2D eigenvalue weighted by molar-refractivity contribution is -0.120. The van der Waals surface area contributed by atoms with E-state index in [1.807, 2.05) is 26.2 Å². The van der Waals surface area contributed by atoms with E-state index in [2.05, 4.69) is 28.2 Å². The second kappa shape index (κ2) is 6.80. The van der Waals surface area contributed by atoms with Crippen LogP contribution in [0.4, 0.5) is 0 Å². The van der Waals surface area contributed by atoms with Gasteiger partial charge in [-0.05, 0) is 45.1 Å². The van der Waals surface area contributed by atoms with Gasteiger partial charge in [0.2, 0.25) is 5.91 Å². The van der Waals surface area contributed by atoms with E-state index < -0.39 is 0 Å². The normalized spacial score (nSPS) is 20.2. The number of rotatable bonds is 4. The van der Waals surface area contributed by atoms with Crippen molar-refractivity contribution in [3.05, 3.63) is 39.9 Å². The van der Waals surface area contributed by atoms with Gasteiger partial charge in [0.25, 0.3) is 0 Å². The lowest BCUT2D eigenvalue weighted by Crippen LogP contribution is -2.24. The van der Waals surface area contributed by atoms with Crippen LogP contribution in [0.2, 0.25) is 0 Å². The number of aryl methyl sites for hydroxylation is 1. The van der Waals surface area contributed by atoms with Crippen LogP contribution in [0.5, 0.6) is 0 Å². The highest BCUT2D eigenvalue weighted by atomic mass is 32.1. The van der Waals surface area contributed by atoms with Crippen LogP contribution < -0.4 is 5.43 Å². The van der Waals surface area contributed by atoms with E-state index in [0.717, 1.165) is 40.4 Å². The van der Waals surface area contributed by atoms with E-state index in [4.69, 9.17) is 0 Å². The minimum Gasteiger partial charge on any atom is -0.273 e. The van der Waals surface area contributed by atoms with Crippen LogP contribution in [-0.4, -0.2) is 16.6 Å². The molecule has 1 heterocycles. The topological polar surface area (TPSA) is 54.4 Å². The standard InChI is InChI=1S/C16H21N3OS/c1-10(2)13-6-5-11(3)15(7-13)18-19-16(20)8-14-9-21-12(4)17-14/h5,9,13H,1,6-8H2,2-4H3,(H,19,20)/b18-15-/t13-/m0/s1. The molecule has 1 amide bonds. The number of allylic oxidation sites excluding steroid dienone is 3. The van der Waals surface area contributed by atoms with Gasteiger partial charge in [-0.25, -0.2) is 10.4 Å². The monoisotopic (exact) mass is 303 g/mol. The van der Waals surface area contributed by atoms with Crippen LogP contribution in [0, 0.1) is 12.8 Å². The number of hydrogen-bond donors (Lipinski definition) is 1. The zero-order chi connectivity index (χ0) is 15.4. The fourth-order valence-electron chi connectivity index (χ4n) is 2.25. The maximum atomic E-state index is 11.9. The van der Waals surface area contributed by atoms with E-state index in [9.17, 15) is 4.79 Å². The Balaban J connectivity index is 1.96. The van der Waals surface area contributed by atoms with E-state index >= 15 is 0 Å². The molecule has 112 valence electrons. The Labute approximate surface area is 129 Å². The molecule has 0 radical (unpaired) electrons. The second-order valence-corrected chi connectivity index (χ2v) is 6.56. The van der Waals surface area contributed by atoms with Crippen molar-refractivity contribution in [1.29, 1.82) is 0 Å². The summed E-state index contributed by atoms with van der Waals surface area (Å²) in [6, 6.07) is 0. The summed E-state index contributed by atoms with van der Waals surface area (Å²) in [7, 11) is 0. The van der Waals surface area contributed by atoms with E-state index in [-0.39, 0.29) is 12.3 Å². The van der Waals surface area contributed by atoms with Crippen LogP contribution in [0.3, 0.4) is 0 Å². The third kappa shape index (κ3) is 4.36. The second-order valence-electron chi connectivity index (χ2n) is 5.50. The van der Waals surface area contributed by atoms with Crippen molar-refractivity contribution in [3.8, 4) is 0 Å². The number of carbonyl (C=O) groups excluding carboxylic acids is 1. The molecular weight excluding hydrogens is 282 g/mol. The zero-order valence-electron chi connectivity index (χ0n) is 12.8. The van der Waals surface area contributed by atoms with Crippen molar-refractivity contribution in [2.24, 2.45) is 11.0 Å². The summed E-state index contributed by atoms with van der Waals surface area (Å²) in [5, 5.41) is 7.16. The van der Waals surface area contributed by atoms with Crippen molar-refractivity contribution in [3.63, 3.8) is 0 Å². The number of nitrogens with one attached hydrogen (secondary N) is 1. The van der Waals surface area contributed by atoms with E-state index in [0.29, 0.717) is 5.92 Å². The molecule has 21 heavy (non-hydrogen) atoms. The van der Waals surface area contributed by atoms with Crippen molar-refractivity contribution in [2.75, 3.05) is 0 Å². The first-order valence-electron chi connectivity index (χ1n) is 7.04. The van der Waals surface area contributed by atoms with Gasteiger partial charge in [-0.1, -0.05) is 18.2 Å². The van der Waals surface area contributed by atoms with Crippen molar-refractivity contribution in [1.82, 2.24) is 10.4 Å². The van der Waals surface area contributed by atoms with Crippen LogP contribution in [0.15, 0.2) is 34.3 Å². The Morgan fingerprint density at radius 3 is 2.95 bits per heavy atom. The third-order valence-electron chi connectivity index (χ3n) is 3.62. The summed E-state index contributed by atoms with van der Waals surface area (Å²) in [6.07, 6.45) is 4.28. The van der Waals surface area contributed by atoms with Gasteiger partial charge in [0.15, 0.2) is 0 Å². The average Bonchev–Trinajstić information content (AvgIpc) is 2.82. The Morgan fingerprint density at radius 1 is 1.57 bits per heavy atom. The number of carbonyl (C=O) groups is 1. The highest BCUT2D eigenvalue weighted by Gasteiger charge is 2.18. The van der Waals surface area contributed by atoms with Gasteiger partial charge in [-0.2, -0.15) is 5.10 Å². The molecule has 2 rings (SSSR count). The SMILES string of the molecule is C=C(C)[C@H]1CC=C(C)/C(=N\NC(=O)Cc2csc(C)n2)C1. The molecule has 0 aromatic carbocycles. The minimum absolute atomic E-state index is 0.127. The third-order valence-corrected chi connectivity index (χ3v) is 4.45. The van der Waals surface area contributed by atoms with Gasteiger partial charge >= 0.3 is 0 Å². The van der Waals surface area contributed by atoms with Gasteiger partial charge < -0.3 is 0 Å². The van der Waals surface area contributed by atoms with Crippen LogP contribution in [0.1, 0.15) is 37.4 Å². The number of hydrazone groups is 1. The predicted molar refractivity (Wildman–Crippen MR) is 87.4 cm³/mol. The molecule has 0 saturated heterocycles. The summed E-state index contributed by atoms with van der Waals surface area (Å²) < 4.78 is 0. The highest BCUT2D eigenvalue weighted by molar-refractivity contribution is 7.09. The first-order valence-corrected chi connectivity index (χ1v) is 7.92. The highest BCUT2D eigenvalue weighted by Crippen LogP contribution is 2.26. The van der Waals surface area contributed by atoms with Crippen molar-refractivity contribution >= 4 is 23.0 Å². The van der Waals surface area contributed by atoms with Gasteiger partial charge in [-0.3, -0.25) is 4.79 Å². The summed E-state index contributed by atoms with van der Waals surface area (Å²) in [4.78, 5) is 16.2. The molecule has 0 bridgehead atoms. The molecule has 0 fully saturated rings. The molecule has 0 spiro atoms. The number of nitrogens with zero attached hydrogens (tertiary/aromatic N) is 2. The molecule has 1 aromatic rings. The molecule has 0 aliphatic heterocycles. The summed E-state index contributed by atoms with van der Waals surface area (Å²) in [5.74, 6) is 0.295. The Kier molecular flexibility index (Phi) is 5.07. The van der Waals surface area contributed by atoms with Crippen molar-refractivity contribution in [2.45, 2.75) is 40.0 Å². The minimum atomic E-state index is -0.127. The molecule has 1 N–H and O–H groups in total. The van der Waals surface area contributed by atoms with Gasteiger partial charge in [-0.15, -0.1) is 11.3 Å². The predicted octanol–water partition coefficient (Wildman–Crippen LogP) is 3.40. The van der Waals surface area contributed by atoms with Crippen LogP contribution in [-0.2, 0) is 11.2 Å². The molecule has 1 aliphatic carbocycles. The summed E-state index contributed by atoms with van der Waals surface area (Å²) >= 11 is 1.55. The smallest absolute Gasteiger partial charge is 0.246 e. The molecule has 4 nitrogen and oxygen atoms in total. The lowest BCUT2D eigenvalue weighted by atomic mass is 9.85. The lowest BCUT2D eigenvalue weighted by Gasteiger charge is -2.22. The molecule has 5 heteroatoms. The molecule has 1 atom stereocenters. The van der Waals surface area contributed by atoms with Crippen LogP contribution >= 0.6 is 11.3 Å². The largest absolute Gasteiger partial charge is 0.273 e. The fourth-order valence-corrected chi connectivity index (χ4v) is 2.86. The van der Waals surface area contributed by atoms with E-state index in [1.165, 1.54) is 0 Å². The summed E-state index contributed by atoms with van der Waals surface area (Å²) in [6.45, 7) is 10.0. The Morgan fingerprint density at radius 2 is 2.33 bits per heavy atom. The van der Waals surface area contributed by atoms with E-state index in [1.54, 1.807) is 11.3 Å². The Bertz CT molecular complexity index is 613.